The lowest BCUT2D eigenvalue weighted by Gasteiger charge is -2.29. The second-order valence-electron chi connectivity index (χ2n) is 22.2. The number of aliphatic hydroxyl groups is 4. The van der Waals surface area contributed by atoms with Gasteiger partial charge < -0.3 is 105 Å². The van der Waals surface area contributed by atoms with Gasteiger partial charge in [0.05, 0.1) is 38.1 Å². The number of imidazole rings is 2. The fraction of sp³-hybridized carbons (Fsp3) is 0.642. The van der Waals surface area contributed by atoms with E-state index in [-0.39, 0.29) is 43.2 Å². The normalized spacial score (nSPS) is 15.7. The number of nitrogens with one attached hydrogen (secondary N) is 13. The first-order chi connectivity index (χ1) is 41.2. The fourth-order valence-corrected chi connectivity index (χ4v) is 8.24. The van der Waals surface area contributed by atoms with Crippen LogP contribution in [-0.4, -0.2) is 221 Å². The summed E-state index contributed by atoms with van der Waals surface area (Å²) >= 11 is 0. The maximum Gasteiger partial charge on any atom is 0.322 e. The molecule has 88 heavy (non-hydrogen) atoms. The number of aliphatic carboxylic acids is 1. The number of nitrogens with zero attached hydrogens (tertiary/aromatic N) is 2. The first-order valence-electron chi connectivity index (χ1n) is 28.3. The number of H-pyrrole nitrogens is 2. The van der Waals surface area contributed by atoms with Crippen molar-refractivity contribution in [2.24, 2.45) is 29.2 Å². The molecule has 0 radical (unpaired) electrons. The Bertz CT molecular complexity index is 2670. The number of carboxylic acids is 1. The molecule has 22 N–H and O–H groups in total. The van der Waals surface area contributed by atoms with Crippen molar-refractivity contribution < 1.29 is 87.9 Å². The molecule has 0 bridgehead atoms. The van der Waals surface area contributed by atoms with Crippen LogP contribution < -0.4 is 70.0 Å². The van der Waals surface area contributed by atoms with E-state index in [4.69, 9.17) is 16.6 Å². The molecule has 35 heteroatoms. The Labute approximate surface area is 506 Å². The summed E-state index contributed by atoms with van der Waals surface area (Å²) < 4.78 is 0. The predicted octanol–water partition coefficient (Wildman–Crippen LogP) is -7.93. The van der Waals surface area contributed by atoms with Gasteiger partial charge in [0, 0.05) is 43.0 Å². The summed E-state index contributed by atoms with van der Waals surface area (Å²) in [4.78, 5) is 186. The van der Waals surface area contributed by atoms with Crippen LogP contribution in [0, 0.1) is 17.8 Å². The molecule has 0 aliphatic rings. The molecule has 0 aromatic carbocycles. The molecule has 13 atom stereocenters. The smallest absolute Gasteiger partial charge is 0.322 e. The zero-order chi connectivity index (χ0) is 66.7. The first-order valence-corrected chi connectivity index (χ1v) is 28.3. The lowest BCUT2D eigenvalue weighted by molar-refractivity contribution is -0.139. The average Bonchev–Trinajstić information content (AvgIpc) is 2.23. The number of nitrogens with two attached hydrogens (primary N) is 2. The van der Waals surface area contributed by atoms with E-state index < -0.39 is 194 Å². The molecule has 2 rings (SSSR count). The molecule has 0 saturated heterocycles. The molecule has 0 aliphatic heterocycles. The van der Waals surface area contributed by atoms with E-state index in [9.17, 15) is 82.8 Å². The van der Waals surface area contributed by atoms with Crippen molar-refractivity contribution in [3.05, 3.63) is 36.4 Å². The van der Waals surface area contributed by atoms with E-state index in [2.05, 4.69) is 73.1 Å². The zero-order valence-electron chi connectivity index (χ0n) is 50.5. The van der Waals surface area contributed by atoms with Crippen molar-refractivity contribution in [1.82, 2.24) is 78.4 Å². The van der Waals surface area contributed by atoms with E-state index in [1.54, 1.807) is 41.5 Å². The molecule has 35 nitrogen and oxygen atoms in total. The highest BCUT2D eigenvalue weighted by Gasteiger charge is 2.38. The van der Waals surface area contributed by atoms with Gasteiger partial charge in [-0.1, -0.05) is 41.5 Å². The molecule has 0 fully saturated rings. The van der Waals surface area contributed by atoms with Gasteiger partial charge in [-0.3, -0.25) is 62.3 Å². The van der Waals surface area contributed by atoms with Crippen LogP contribution >= 0.6 is 0 Å². The number of aromatic nitrogens is 4. The van der Waals surface area contributed by atoms with Crippen molar-refractivity contribution in [1.29, 1.82) is 0 Å². The Hall–Kier alpha value is -8.67. The number of amides is 12. The van der Waals surface area contributed by atoms with Crippen LogP contribution in [0.15, 0.2) is 25.0 Å². The molecule has 2 aromatic heterocycles. The van der Waals surface area contributed by atoms with Crippen molar-refractivity contribution in [3.63, 3.8) is 0 Å². The molecule has 0 aliphatic carbocycles. The van der Waals surface area contributed by atoms with E-state index in [0.29, 0.717) is 5.69 Å². The summed E-state index contributed by atoms with van der Waals surface area (Å²) in [7, 11) is 0. The molecular weight excluding hydrogens is 1160 g/mol. The van der Waals surface area contributed by atoms with Crippen LogP contribution in [0.25, 0.3) is 0 Å². The van der Waals surface area contributed by atoms with E-state index in [1.807, 2.05) is 5.32 Å². The number of hydrogen-bond donors (Lipinski definition) is 20. The predicted molar refractivity (Wildman–Crippen MR) is 308 cm³/mol. The Balaban J connectivity index is 2.36. The molecule has 0 saturated carbocycles. The first kappa shape index (κ1) is 75.4. The van der Waals surface area contributed by atoms with Crippen molar-refractivity contribution in [2.45, 2.75) is 180 Å². The minimum Gasteiger partial charge on any atom is -0.480 e. The molecular formula is C53H87N17O18. The summed E-state index contributed by atoms with van der Waals surface area (Å²) in [6, 6.07) is -17.0. The third-order valence-electron chi connectivity index (χ3n) is 13.1. The molecule has 2 aromatic rings. The number of rotatable bonds is 39. The maximum absolute atomic E-state index is 14.1. The fourth-order valence-electron chi connectivity index (χ4n) is 8.24. The second kappa shape index (κ2) is 37.1. The number of carbonyl (C=O) groups is 13. The van der Waals surface area contributed by atoms with Gasteiger partial charge in [-0.15, -0.1) is 0 Å². The van der Waals surface area contributed by atoms with E-state index >= 15 is 0 Å². The number of hydrogen-bond acceptors (Lipinski definition) is 20. The lowest BCUT2D eigenvalue weighted by atomic mass is 9.99. The number of carbonyl (C=O) groups excluding carboxylic acids is 12. The van der Waals surface area contributed by atoms with Gasteiger partial charge in [0.25, 0.3) is 0 Å². The number of aromatic amines is 2. The number of aliphatic hydroxyl groups excluding tert-OH is 4. The van der Waals surface area contributed by atoms with Crippen molar-refractivity contribution in [2.75, 3.05) is 19.8 Å². The topological polar surface area (TPSA) is 565 Å². The number of primary amides is 1. The largest absolute Gasteiger partial charge is 0.480 e. The maximum atomic E-state index is 14.1. The quantitative estimate of drug-likeness (QED) is 0.0296. The van der Waals surface area contributed by atoms with Gasteiger partial charge in [0.15, 0.2) is 0 Å². The van der Waals surface area contributed by atoms with Gasteiger partial charge in [-0.25, -0.2) is 9.97 Å². The minimum absolute atomic E-state index is 0.0451. The van der Waals surface area contributed by atoms with Gasteiger partial charge in [0.1, 0.15) is 73.0 Å². The Kier molecular flexibility index (Phi) is 31.8. The summed E-state index contributed by atoms with van der Waals surface area (Å²) in [5.41, 5.74) is 11.7. The van der Waals surface area contributed by atoms with Gasteiger partial charge in [-0.05, 0) is 57.8 Å². The molecule has 0 spiro atoms. The molecule has 0 unspecified atom stereocenters. The molecule has 2 heterocycles. The van der Waals surface area contributed by atoms with Crippen LogP contribution in [-0.2, 0) is 75.2 Å². The van der Waals surface area contributed by atoms with Gasteiger partial charge in [-0.2, -0.15) is 0 Å². The highest BCUT2D eigenvalue weighted by atomic mass is 16.4. The van der Waals surface area contributed by atoms with Crippen LogP contribution in [0.3, 0.4) is 0 Å². The van der Waals surface area contributed by atoms with Crippen LogP contribution in [0.1, 0.15) is 99.4 Å². The van der Waals surface area contributed by atoms with E-state index in [1.165, 1.54) is 38.9 Å². The van der Waals surface area contributed by atoms with E-state index in [0.717, 1.165) is 6.92 Å². The Morgan fingerprint density at radius 1 is 0.477 bits per heavy atom. The highest BCUT2D eigenvalue weighted by molar-refractivity contribution is 5.99. The van der Waals surface area contributed by atoms with Gasteiger partial charge in [0.2, 0.25) is 70.9 Å². The van der Waals surface area contributed by atoms with Crippen LogP contribution in [0.5, 0.6) is 0 Å². The van der Waals surface area contributed by atoms with Crippen molar-refractivity contribution >= 4 is 76.9 Å². The highest BCUT2D eigenvalue weighted by Crippen LogP contribution is 2.12. The second-order valence-corrected chi connectivity index (χ2v) is 22.2. The van der Waals surface area contributed by atoms with Gasteiger partial charge >= 0.3 is 5.97 Å². The monoisotopic (exact) mass is 1250 g/mol. The summed E-state index contributed by atoms with van der Waals surface area (Å²) in [5.74, 6) is -14.5. The van der Waals surface area contributed by atoms with Crippen molar-refractivity contribution in [3.8, 4) is 0 Å². The number of carboxylic acid groups (broad SMARTS) is 1. The lowest BCUT2D eigenvalue weighted by Crippen LogP contribution is -2.62. The van der Waals surface area contributed by atoms with Crippen LogP contribution in [0.2, 0.25) is 0 Å². The third-order valence-corrected chi connectivity index (χ3v) is 13.1. The zero-order valence-corrected chi connectivity index (χ0v) is 50.5. The summed E-state index contributed by atoms with van der Waals surface area (Å²) in [5, 5.41) is 75.5. The molecule has 492 valence electrons. The SMILES string of the molecule is CC(C)C[C@H](NC(=O)[C@H](CO)NC(=O)[C@H](Cc1cnc[nH]1)NC(=O)[C@H](CC(C)C)NC(=O)[C@@H](NC(=O)[C@@H](N)[C@@H](C)O)C(C)C)C(=O)N[C@@H](C)C(=O)N[C@@H](Cc1cnc[nH]1)C(=O)N[C@@H](CCC(N)=O)C(=O)N[C@H](C(=O)N[C@@H](CO)C(=O)NCC(=O)O)[C@@H](C)O. The average molecular weight is 1250 g/mol. The summed E-state index contributed by atoms with van der Waals surface area (Å²) in [6.45, 7) is 10.9. The standard InChI is InChI=1S/C53H87N17O18/c1-23(2)12-32(64-50(85)37(20-72)67-49(84)35(15-30-17-57-22-60-30)65-47(82)33(13-24(3)4)66-52(87)41(25(5)6)69-51(86)40(55)27(8)73)46(81)61-26(7)43(78)63-34(14-29-16-56-21-59-29)48(83)62-31(10-11-38(54)75)45(80)70-42(28(9)74)53(88)68-36(19-71)44(79)58-18-39(76)77/h16-17,21-28,31-37,40-42,71-74H,10-15,18-20,55H2,1-9H3,(H2,54,75)(H,56,59)(H,57,60)(H,58,79)(H,61,81)(H,62,83)(H,63,78)(H,64,85)(H,65,82)(H,66,87)(H,67,84)(H,68,88)(H,69,86)(H,70,80)(H,76,77)/t26-,27+,28+,31-,32-,33-,34-,35-,36-,37-,40-,41-,42-/m0/s1. The van der Waals surface area contributed by atoms with Crippen LogP contribution in [0.4, 0.5) is 0 Å². The summed E-state index contributed by atoms with van der Waals surface area (Å²) in [6.07, 6.45) is 0.627. The minimum atomic E-state index is -1.89. The Morgan fingerprint density at radius 3 is 1.30 bits per heavy atom. The molecule has 12 amide bonds. The third kappa shape index (κ3) is 26.1. The Morgan fingerprint density at radius 2 is 0.864 bits per heavy atom.